The minimum absolute atomic E-state index is 0.580. The molecule has 0 fully saturated rings. The zero-order valence-corrected chi connectivity index (χ0v) is 18.6. The van der Waals surface area contributed by atoms with Gasteiger partial charge in [-0.2, -0.15) is 4.52 Å². The fraction of sp³-hybridized carbons (Fsp3) is 0.400. The molecular weight excluding hydrogens is 427 g/mol. The Morgan fingerprint density at radius 2 is 1.85 bits per heavy atom. The molecule has 0 spiro atoms. The average Bonchev–Trinajstić information content (AvgIpc) is 3.20. The van der Waals surface area contributed by atoms with Gasteiger partial charge in [0.05, 0.1) is 13.2 Å². The van der Waals surface area contributed by atoms with Gasteiger partial charge in [0.1, 0.15) is 0 Å². The number of thioether (sulfide) groups is 1. The summed E-state index contributed by atoms with van der Waals surface area (Å²) in [6.45, 7) is 5.05. The van der Waals surface area contributed by atoms with Crippen LogP contribution in [0.15, 0.2) is 34.7 Å². The summed E-state index contributed by atoms with van der Waals surface area (Å²) in [6, 6.07) is 9.96. The van der Waals surface area contributed by atoms with Gasteiger partial charge in [-0.05, 0) is 25.7 Å². The molecule has 140 valence electrons. The van der Waals surface area contributed by atoms with Crippen LogP contribution in [-0.4, -0.2) is 44.5 Å². The molecule has 0 aliphatic heterocycles. The van der Waals surface area contributed by atoms with Gasteiger partial charge in [0.25, 0.3) is 0 Å². The Bertz CT molecular complexity index is 876. The van der Waals surface area contributed by atoms with Gasteiger partial charge in [-0.15, -0.1) is 15.3 Å². The highest BCUT2D eigenvalue weighted by Crippen LogP contribution is 2.60. The molecule has 0 saturated heterocycles. The maximum atomic E-state index is 5.64. The third-order valence-corrected chi connectivity index (χ3v) is 11.0. The first-order valence-corrected chi connectivity index (χ1v) is 14.1. The standard InChI is InChI=1S/C15H19N4O2PS4/c1-3-20-22(23,21-4-2)25-11-10-24-15-18-19-13(16-17-14(19)26-15)12-8-6-5-7-9-12/h5-9H,3-4,10-11H2,1-2H3. The first-order chi connectivity index (χ1) is 12.6. The molecule has 2 aromatic heterocycles. The van der Waals surface area contributed by atoms with Gasteiger partial charge in [0, 0.05) is 17.1 Å². The second-order valence-electron chi connectivity index (χ2n) is 4.92. The first kappa shape index (κ1) is 20.3. The van der Waals surface area contributed by atoms with Crippen molar-refractivity contribution in [3.05, 3.63) is 30.3 Å². The molecule has 6 nitrogen and oxygen atoms in total. The van der Waals surface area contributed by atoms with Gasteiger partial charge in [0.15, 0.2) is 10.2 Å². The van der Waals surface area contributed by atoms with Crippen molar-refractivity contribution in [3.63, 3.8) is 0 Å². The summed E-state index contributed by atoms with van der Waals surface area (Å²) >= 11 is 10.4. The van der Waals surface area contributed by atoms with Gasteiger partial charge >= 0.3 is 0 Å². The molecular formula is C15H19N4O2PS4. The molecule has 0 amide bonds. The van der Waals surface area contributed by atoms with Crippen LogP contribution >= 0.6 is 40.2 Å². The third-order valence-electron chi connectivity index (χ3n) is 3.14. The minimum atomic E-state index is -2.21. The summed E-state index contributed by atoms with van der Waals surface area (Å²) in [4.78, 5) is 0.799. The Kier molecular flexibility index (Phi) is 7.51. The van der Waals surface area contributed by atoms with E-state index in [0.717, 1.165) is 32.2 Å². The van der Waals surface area contributed by atoms with Crippen LogP contribution in [0.3, 0.4) is 0 Å². The van der Waals surface area contributed by atoms with E-state index >= 15 is 0 Å². The van der Waals surface area contributed by atoms with Crippen molar-refractivity contribution in [1.29, 1.82) is 0 Å². The number of hydrogen-bond donors (Lipinski definition) is 0. The quantitative estimate of drug-likeness (QED) is 0.246. The van der Waals surface area contributed by atoms with E-state index in [1.807, 2.05) is 44.2 Å². The molecule has 2 heterocycles. The molecule has 1 aromatic carbocycles. The lowest BCUT2D eigenvalue weighted by atomic mass is 10.2. The van der Waals surface area contributed by atoms with Crippen LogP contribution in [-0.2, 0) is 20.9 Å². The van der Waals surface area contributed by atoms with Crippen molar-refractivity contribution >= 4 is 56.9 Å². The topological polar surface area (TPSA) is 61.5 Å². The van der Waals surface area contributed by atoms with Gasteiger partial charge in [-0.25, -0.2) is 0 Å². The van der Waals surface area contributed by atoms with E-state index in [1.165, 1.54) is 0 Å². The van der Waals surface area contributed by atoms with Crippen molar-refractivity contribution in [2.24, 2.45) is 0 Å². The molecule has 26 heavy (non-hydrogen) atoms. The van der Waals surface area contributed by atoms with Crippen LogP contribution in [0.1, 0.15) is 13.8 Å². The van der Waals surface area contributed by atoms with Crippen molar-refractivity contribution in [2.45, 2.75) is 18.2 Å². The lowest BCUT2D eigenvalue weighted by Crippen LogP contribution is -1.94. The Balaban J connectivity index is 1.60. The smallest absolute Gasteiger partial charge is 0.247 e. The Labute approximate surface area is 170 Å². The summed E-state index contributed by atoms with van der Waals surface area (Å²) < 4.78 is 14.1. The average molecular weight is 447 g/mol. The zero-order valence-electron chi connectivity index (χ0n) is 14.4. The normalized spacial score (nSPS) is 12.1. The fourth-order valence-electron chi connectivity index (χ4n) is 2.13. The third kappa shape index (κ3) is 5.07. The summed E-state index contributed by atoms with van der Waals surface area (Å²) in [5.41, 5.74) is -1.21. The highest BCUT2D eigenvalue weighted by atomic mass is 32.9. The molecule has 0 atom stereocenters. The fourth-order valence-corrected chi connectivity index (χ4v) is 9.16. The molecule has 11 heteroatoms. The Morgan fingerprint density at radius 3 is 2.54 bits per heavy atom. The number of benzene rings is 1. The number of nitrogens with zero attached hydrogens (tertiary/aromatic N) is 4. The minimum Gasteiger partial charge on any atom is -0.322 e. The molecule has 0 bridgehead atoms. The molecule has 0 unspecified atom stereocenters. The maximum absolute atomic E-state index is 5.64. The largest absolute Gasteiger partial charge is 0.322 e. The molecule has 3 rings (SSSR count). The highest BCUT2D eigenvalue weighted by Gasteiger charge is 2.19. The van der Waals surface area contributed by atoms with Crippen LogP contribution < -0.4 is 0 Å². The molecule has 0 aliphatic rings. The Hall–Kier alpha value is -0.480. The van der Waals surface area contributed by atoms with Crippen LogP contribution in [0.4, 0.5) is 0 Å². The SMILES string of the molecule is CCOP(=S)(OCC)SCCSc1nn2c(-c3ccccc3)nnc2s1. The van der Waals surface area contributed by atoms with E-state index < -0.39 is 5.69 Å². The molecule has 0 radical (unpaired) electrons. The number of aromatic nitrogens is 4. The second kappa shape index (κ2) is 9.64. The Morgan fingerprint density at radius 1 is 1.12 bits per heavy atom. The van der Waals surface area contributed by atoms with Gasteiger partial charge < -0.3 is 9.05 Å². The van der Waals surface area contributed by atoms with Crippen molar-refractivity contribution in [1.82, 2.24) is 19.8 Å². The van der Waals surface area contributed by atoms with Crippen LogP contribution in [0, 0.1) is 0 Å². The number of fused-ring (bicyclic) bond motifs is 1. The van der Waals surface area contributed by atoms with Crippen molar-refractivity contribution < 1.29 is 9.05 Å². The van der Waals surface area contributed by atoms with Crippen LogP contribution in [0.25, 0.3) is 16.3 Å². The van der Waals surface area contributed by atoms with E-state index in [0.29, 0.717) is 13.2 Å². The molecule has 0 saturated carbocycles. The zero-order chi connectivity index (χ0) is 18.4. The molecule has 3 aromatic rings. The lowest BCUT2D eigenvalue weighted by molar-refractivity contribution is 0.280. The van der Waals surface area contributed by atoms with Crippen LogP contribution in [0.5, 0.6) is 0 Å². The van der Waals surface area contributed by atoms with Crippen LogP contribution in [0.2, 0.25) is 0 Å². The van der Waals surface area contributed by atoms with Gasteiger partial charge in [-0.3, -0.25) is 0 Å². The van der Waals surface area contributed by atoms with Crippen molar-refractivity contribution in [2.75, 3.05) is 24.7 Å². The monoisotopic (exact) mass is 446 g/mol. The maximum Gasteiger partial charge on any atom is 0.247 e. The number of rotatable bonds is 10. The van der Waals surface area contributed by atoms with E-state index in [9.17, 15) is 0 Å². The van der Waals surface area contributed by atoms with Gasteiger partial charge in [-0.1, -0.05) is 64.8 Å². The van der Waals surface area contributed by atoms with Gasteiger partial charge in [0.2, 0.25) is 10.7 Å². The second-order valence-corrected chi connectivity index (χ2v) is 13.6. The predicted octanol–water partition coefficient (Wildman–Crippen LogP) is 4.98. The number of hydrogen-bond acceptors (Lipinski definition) is 9. The summed E-state index contributed by atoms with van der Waals surface area (Å²) in [7, 11) is 0. The predicted molar refractivity (Wildman–Crippen MR) is 115 cm³/mol. The van der Waals surface area contributed by atoms with E-state index in [2.05, 4.69) is 15.3 Å². The van der Waals surface area contributed by atoms with Crippen molar-refractivity contribution in [3.8, 4) is 11.4 Å². The van der Waals surface area contributed by atoms with E-state index in [1.54, 1.807) is 39.0 Å². The first-order valence-electron chi connectivity index (χ1n) is 8.09. The molecule has 0 aliphatic carbocycles. The summed E-state index contributed by atoms with van der Waals surface area (Å²) in [5, 5.41) is 13.1. The summed E-state index contributed by atoms with van der Waals surface area (Å²) in [5.74, 6) is 2.50. The molecule has 0 N–H and O–H groups in total. The van der Waals surface area contributed by atoms with E-state index in [4.69, 9.17) is 20.9 Å². The highest BCUT2D eigenvalue weighted by molar-refractivity contribution is 8.68. The lowest BCUT2D eigenvalue weighted by Gasteiger charge is -2.19. The van der Waals surface area contributed by atoms with E-state index in [-0.39, 0.29) is 0 Å². The summed E-state index contributed by atoms with van der Waals surface area (Å²) in [6.07, 6.45) is 0.